The molecule has 2 aromatic carbocycles. The number of aliphatic hydroxyl groups is 1. The number of nitrogens with zero attached hydrogens (tertiary/aromatic N) is 2. The predicted octanol–water partition coefficient (Wildman–Crippen LogP) is 2.72. The third-order valence-corrected chi connectivity index (χ3v) is 6.94. The molecule has 3 rings (SSSR count). The van der Waals surface area contributed by atoms with E-state index in [-0.39, 0.29) is 47.5 Å². The predicted molar refractivity (Wildman–Crippen MR) is 101 cm³/mol. The molecule has 9 heteroatoms. The molecule has 148 valence electrons. The van der Waals surface area contributed by atoms with Crippen LogP contribution in [0.3, 0.4) is 0 Å². The molecule has 1 aliphatic heterocycles. The maximum Gasteiger partial charge on any atom is 0.244 e. The first-order valence-electron chi connectivity index (χ1n) is 8.40. The van der Waals surface area contributed by atoms with Gasteiger partial charge in [0.2, 0.25) is 10.0 Å². The Morgan fingerprint density at radius 3 is 2.61 bits per heavy atom. The molecule has 0 radical (unpaired) electrons. The average molecular weight is 425 g/mol. The molecule has 6 nitrogen and oxygen atoms in total. The highest BCUT2D eigenvalue weighted by atomic mass is 35.5. The van der Waals surface area contributed by atoms with Crippen LogP contribution in [0.25, 0.3) is 0 Å². The summed E-state index contributed by atoms with van der Waals surface area (Å²) in [5.74, 6) is -0.503. The number of hydrogen-bond donors (Lipinski definition) is 1. The van der Waals surface area contributed by atoms with Crippen molar-refractivity contribution in [1.29, 1.82) is 5.26 Å². The van der Waals surface area contributed by atoms with E-state index in [0.29, 0.717) is 0 Å². The minimum absolute atomic E-state index is 0.00247. The van der Waals surface area contributed by atoms with Crippen molar-refractivity contribution in [3.8, 4) is 11.8 Å². The zero-order valence-corrected chi connectivity index (χ0v) is 16.6. The number of nitriles is 1. The Balaban J connectivity index is 1.69. The second-order valence-electron chi connectivity index (χ2n) is 6.91. The van der Waals surface area contributed by atoms with Gasteiger partial charge in [-0.25, -0.2) is 12.8 Å². The van der Waals surface area contributed by atoms with Gasteiger partial charge >= 0.3 is 0 Å². The van der Waals surface area contributed by atoms with Crippen molar-refractivity contribution in [1.82, 2.24) is 4.31 Å². The van der Waals surface area contributed by atoms with Crippen molar-refractivity contribution in [3.05, 3.63) is 58.4 Å². The Hall–Kier alpha value is -2.18. The van der Waals surface area contributed by atoms with Crippen molar-refractivity contribution in [2.24, 2.45) is 5.41 Å². The van der Waals surface area contributed by atoms with Crippen LogP contribution in [0, 0.1) is 29.5 Å². The molecule has 1 aliphatic rings. The molecular weight excluding hydrogens is 407 g/mol. The summed E-state index contributed by atoms with van der Waals surface area (Å²) >= 11 is 6.09. The molecule has 0 unspecified atom stereocenters. The van der Waals surface area contributed by atoms with Crippen molar-refractivity contribution in [2.75, 3.05) is 26.3 Å². The van der Waals surface area contributed by atoms with Crippen LogP contribution >= 0.6 is 11.6 Å². The summed E-state index contributed by atoms with van der Waals surface area (Å²) in [7, 11) is -3.79. The minimum Gasteiger partial charge on any atom is -0.493 e. The van der Waals surface area contributed by atoms with Crippen LogP contribution < -0.4 is 4.74 Å². The van der Waals surface area contributed by atoms with Crippen LogP contribution in [-0.2, 0) is 10.0 Å². The van der Waals surface area contributed by atoms with Gasteiger partial charge in [0.1, 0.15) is 22.5 Å². The number of benzene rings is 2. The molecule has 0 bridgehead atoms. The first-order chi connectivity index (χ1) is 13.2. The molecule has 1 heterocycles. The highest BCUT2D eigenvalue weighted by Crippen LogP contribution is 2.37. The van der Waals surface area contributed by atoms with Gasteiger partial charge in [-0.3, -0.25) is 0 Å². The van der Waals surface area contributed by atoms with Crippen LogP contribution in [0.5, 0.6) is 5.75 Å². The number of sulfonamides is 1. The Labute approximate surface area is 167 Å². The number of halogens is 2. The van der Waals surface area contributed by atoms with E-state index in [4.69, 9.17) is 21.6 Å². The van der Waals surface area contributed by atoms with Crippen molar-refractivity contribution < 1.29 is 22.7 Å². The third kappa shape index (κ3) is 3.84. The summed E-state index contributed by atoms with van der Waals surface area (Å²) in [6, 6.07) is 10.3. The van der Waals surface area contributed by atoms with Gasteiger partial charge in [0.25, 0.3) is 0 Å². The summed E-state index contributed by atoms with van der Waals surface area (Å²) < 4.78 is 46.0. The molecule has 0 saturated carbocycles. The van der Waals surface area contributed by atoms with Crippen LogP contribution in [0.2, 0.25) is 5.02 Å². The van der Waals surface area contributed by atoms with Gasteiger partial charge in [-0.1, -0.05) is 17.7 Å². The first kappa shape index (κ1) is 20.6. The summed E-state index contributed by atoms with van der Waals surface area (Å²) in [6.07, 6.45) is 0. The zero-order chi connectivity index (χ0) is 20.5. The standard InChI is InChI=1S/C19H18ClFN2O4S/c1-13-2-5-18(16(20)6-13)28(25,26)23-9-19(10-23,11-24)12-27-15-4-3-14(8-22)17(21)7-15/h2-7,24H,9-12H2,1H3. The molecule has 1 N–H and O–H groups in total. The number of hydrogen-bond acceptors (Lipinski definition) is 5. The number of ether oxygens (including phenoxy) is 1. The molecule has 0 aliphatic carbocycles. The molecular formula is C19H18ClFN2O4S. The Kier molecular flexibility index (Phi) is 5.64. The second-order valence-corrected chi connectivity index (χ2v) is 9.22. The number of aryl methyl sites for hydroxylation is 1. The van der Waals surface area contributed by atoms with Gasteiger partial charge in [-0.15, -0.1) is 0 Å². The quantitative estimate of drug-likeness (QED) is 0.769. The molecule has 1 saturated heterocycles. The van der Waals surface area contributed by atoms with E-state index in [1.54, 1.807) is 18.2 Å². The highest BCUT2D eigenvalue weighted by molar-refractivity contribution is 7.89. The van der Waals surface area contributed by atoms with E-state index in [0.717, 1.165) is 11.6 Å². The number of rotatable bonds is 6. The average Bonchev–Trinajstić information content (AvgIpc) is 2.60. The van der Waals surface area contributed by atoms with E-state index in [1.807, 2.05) is 6.92 Å². The lowest BCUT2D eigenvalue weighted by Gasteiger charge is -2.47. The highest BCUT2D eigenvalue weighted by Gasteiger charge is 2.49. The maximum atomic E-state index is 13.7. The van der Waals surface area contributed by atoms with Gasteiger partial charge in [-0.05, 0) is 36.8 Å². The minimum atomic E-state index is -3.79. The lowest BCUT2D eigenvalue weighted by molar-refractivity contribution is -0.0273. The van der Waals surface area contributed by atoms with E-state index in [2.05, 4.69) is 0 Å². The molecule has 0 aromatic heterocycles. The van der Waals surface area contributed by atoms with Crippen LogP contribution in [0.1, 0.15) is 11.1 Å². The second kappa shape index (κ2) is 7.68. The van der Waals surface area contributed by atoms with E-state index < -0.39 is 21.3 Å². The third-order valence-electron chi connectivity index (χ3n) is 4.67. The normalized spacial score (nSPS) is 16.2. The fourth-order valence-electron chi connectivity index (χ4n) is 2.98. The first-order valence-corrected chi connectivity index (χ1v) is 10.2. The van der Waals surface area contributed by atoms with Crippen molar-refractivity contribution in [2.45, 2.75) is 11.8 Å². The Morgan fingerprint density at radius 1 is 1.32 bits per heavy atom. The van der Waals surface area contributed by atoms with Crippen molar-refractivity contribution >= 4 is 21.6 Å². The van der Waals surface area contributed by atoms with Crippen LogP contribution in [-0.4, -0.2) is 44.1 Å². The summed E-state index contributed by atoms with van der Waals surface area (Å²) in [5.41, 5.74) is -0.0466. The van der Waals surface area contributed by atoms with Crippen LogP contribution in [0.4, 0.5) is 4.39 Å². The fraction of sp³-hybridized carbons (Fsp3) is 0.316. The van der Waals surface area contributed by atoms with Crippen LogP contribution in [0.15, 0.2) is 41.3 Å². The topological polar surface area (TPSA) is 90.6 Å². The zero-order valence-electron chi connectivity index (χ0n) is 15.0. The number of aliphatic hydroxyl groups excluding tert-OH is 1. The van der Waals surface area contributed by atoms with E-state index in [9.17, 15) is 17.9 Å². The monoisotopic (exact) mass is 424 g/mol. The maximum absolute atomic E-state index is 13.7. The van der Waals surface area contributed by atoms with E-state index >= 15 is 0 Å². The fourth-order valence-corrected chi connectivity index (χ4v) is 5.21. The van der Waals surface area contributed by atoms with Crippen molar-refractivity contribution in [3.63, 3.8) is 0 Å². The van der Waals surface area contributed by atoms with Gasteiger partial charge in [0.05, 0.1) is 29.2 Å². The van der Waals surface area contributed by atoms with Gasteiger partial charge in [0.15, 0.2) is 0 Å². The van der Waals surface area contributed by atoms with Gasteiger partial charge < -0.3 is 9.84 Å². The SMILES string of the molecule is Cc1ccc(S(=O)(=O)N2CC(CO)(COc3ccc(C#N)c(F)c3)C2)c(Cl)c1. The molecule has 28 heavy (non-hydrogen) atoms. The smallest absolute Gasteiger partial charge is 0.244 e. The lowest BCUT2D eigenvalue weighted by atomic mass is 9.83. The summed E-state index contributed by atoms with van der Waals surface area (Å²) in [4.78, 5) is 0.0152. The van der Waals surface area contributed by atoms with E-state index in [1.165, 1.54) is 22.5 Å². The molecule has 0 atom stereocenters. The molecule has 2 aromatic rings. The summed E-state index contributed by atoms with van der Waals surface area (Å²) in [5, 5.41) is 18.6. The Bertz CT molecular complexity index is 1050. The van der Waals surface area contributed by atoms with Gasteiger partial charge in [0, 0.05) is 19.2 Å². The molecule has 0 amide bonds. The molecule has 1 fully saturated rings. The van der Waals surface area contributed by atoms with Gasteiger partial charge in [-0.2, -0.15) is 9.57 Å². The lowest BCUT2D eigenvalue weighted by Crippen LogP contribution is -2.62. The largest absolute Gasteiger partial charge is 0.493 e. The summed E-state index contributed by atoms with van der Waals surface area (Å²) in [6.45, 7) is 1.62. The Morgan fingerprint density at radius 2 is 2.04 bits per heavy atom. The molecule has 0 spiro atoms.